The maximum Gasteiger partial charge on any atom is 0.243 e. The molecule has 0 radical (unpaired) electrons. The van der Waals surface area contributed by atoms with Crippen LogP contribution in [0.3, 0.4) is 0 Å². The van der Waals surface area contributed by atoms with Crippen molar-refractivity contribution in [3.63, 3.8) is 0 Å². The van der Waals surface area contributed by atoms with Crippen LogP contribution < -0.4 is 0 Å². The average molecular weight is 399 g/mol. The van der Waals surface area contributed by atoms with E-state index >= 15 is 0 Å². The van der Waals surface area contributed by atoms with Crippen molar-refractivity contribution in [2.24, 2.45) is 0 Å². The number of rotatable bonds is 4. The van der Waals surface area contributed by atoms with Gasteiger partial charge in [-0.1, -0.05) is 53.5 Å². The van der Waals surface area contributed by atoms with E-state index in [1.54, 1.807) is 0 Å². The summed E-state index contributed by atoms with van der Waals surface area (Å²) in [4.78, 5) is 2.48. The maximum atomic E-state index is 12.9. The van der Waals surface area contributed by atoms with E-state index in [4.69, 9.17) is 23.2 Å². The molecule has 1 heterocycles. The fourth-order valence-electron chi connectivity index (χ4n) is 2.97. The third kappa shape index (κ3) is 4.54. The first kappa shape index (κ1) is 18.7. The van der Waals surface area contributed by atoms with Gasteiger partial charge in [-0.3, -0.25) is 4.90 Å². The van der Waals surface area contributed by atoms with Gasteiger partial charge in [0.05, 0.1) is 14.9 Å². The molecule has 0 aromatic heterocycles. The number of halogens is 2. The molecule has 0 bridgehead atoms. The molecule has 0 atom stereocenters. The van der Waals surface area contributed by atoms with Gasteiger partial charge in [0.25, 0.3) is 0 Å². The lowest BCUT2D eigenvalue weighted by Crippen LogP contribution is -2.35. The summed E-state index contributed by atoms with van der Waals surface area (Å²) in [5, 5.41) is 0.605. The molecule has 1 aliphatic heterocycles. The van der Waals surface area contributed by atoms with Crippen LogP contribution in [0.5, 0.6) is 0 Å². The Morgan fingerprint density at radius 1 is 0.880 bits per heavy atom. The summed E-state index contributed by atoms with van der Waals surface area (Å²) in [6.07, 6.45) is 0.799. The summed E-state index contributed by atoms with van der Waals surface area (Å²) in [5.74, 6) is 0. The second-order valence-corrected chi connectivity index (χ2v) is 8.85. The number of hydrogen-bond acceptors (Lipinski definition) is 3. The molecule has 0 aliphatic carbocycles. The van der Waals surface area contributed by atoms with Gasteiger partial charge in [-0.25, -0.2) is 8.42 Å². The van der Waals surface area contributed by atoms with Crippen molar-refractivity contribution >= 4 is 33.2 Å². The van der Waals surface area contributed by atoms with E-state index in [-0.39, 0.29) is 9.92 Å². The summed E-state index contributed by atoms with van der Waals surface area (Å²) in [7, 11) is -3.56. The fourth-order valence-corrected chi connectivity index (χ4v) is 4.83. The molecule has 0 spiro atoms. The highest BCUT2D eigenvalue weighted by Gasteiger charge is 2.27. The maximum absolute atomic E-state index is 12.9. The predicted octanol–water partition coefficient (Wildman–Crippen LogP) is 3.89. The zero-order valence-electron chi connectivity index (χ0n) is 13.7. The molecule has 0 N–H and O–H groups in total. The van der Waals surface area contributed by atoms with Gasteiger partial charge in [0.15, 0.2) is 0 Å². The molecule has 4 nitrogen and oxygen atoms in total. The first-order chi connectivity index (χ1) is 12.0. The molecule has 1 fully saturated rings. The zero-order valence-corrected chi connectivity index (χ0v) is 16.1. The Balaban J connectivity index is 1.70. The number of nitrogens with zero attached hydrogens (tertiary/aromatic N) is 2. The van der Waals surface area contributed by atoms with E-state index in [0.29, 0.717) is 24.7 Å². The Hall–Kier alpha value is -1.11. The minimum atomic E-state index is -3.56. The third-order valence-electron chi connectivity index (χ3n) is 4.33. The monoisotopic (exact) mass is 398 g/mol. The number of hydrogen-bond donors (Lipinski definition) is 0. The van der Waals surface area contributed by atoms with Crippen molar-refractivity contribution in [1.82, 2.24) is 9.21 Å². The smallest absolute Gasteiger partial charge is 0.243 e. The van der Waals surface area contributed by atoms with Crippen molar-refractivity contribution in [3.8, 4) is 0 Å². The van der Waals surface area contributed by atoms with Gasteiger partial charge in [0.2, 0.25) is 10.0 Å². The highest BCUT2D eigenvalue weighted by molar-refractivity contribution is 7.89. The van der Waals surface area contributed by atoms with Crippen LogP contribution in [-0.2, 0) is 16.6 Å². The Kier molecular flexibility index (Phi) is 6.02. The lowest BCUT2D eigenvalue weighted by molar-refractivity contribution is 0.278. The molecule has 25 heavy (non-hydrogen) atoms. The van der Waals surface area contributed by atoms with Crippen molar-refractivity contribution in [1.29, 1.82) is 0 Å². The molecule has 134 valence electrons. The van der Waals surface area contributed by atoms with Gasteiger partial charge in [0.1, 0.15) is 0 Å². The molecule has 1 aliphatic rings. The molecule has 1 saturated heterocycles. The van der Waals surface area contributed by atoms with Crippen molar-refractivity contribution in [2.75, 3.05) is 26.2 Å². The number of benzene rings is 2. The van der Waals surface area contributed by atoms with Crippen LogP contribution in [0.1, 0.15) is 12.0 Å². The molecular weight excluding hydrogens is 379 g/mol. The Morgan fingerprint density at radius 3 is 2.36 bits per heavy atom. The quantitative estimate of drug-likeness (QED) is 0.783. The van der Waals surface area contributed by atoms with E-state index in [1.807, 2.05) is 18.2 Å². The van der Waals surface area contributed by atoms with Crippen molar-refractivity contribution in [3.05, 3.63) is 64.1 Å². The van der Waals surface area contributed by atoms with Gasteiger partial charge >= 0.3 is 0 Å². The van der Waals surface area contributed by atoms with E-state index in [1.165, 1.54) is 28.1 Å². The molecule has 0 amide bonds. The number of sulfonamides is 1. The van der Waals surface area contributed by atoms with Crippen LogP contribution in [0.15, 0.2) is 53.4 Å². The van der Waals surface area contributed by atoms with Crippen LogP contribution in [0.2, 0.25) is 10.0 Å². The molecule has 7 heteroatoms. The first-order valence-electron chi connectivity index (χ1n) is 8.18. The minimum absolute atomic E-state index is 0.193. The molecule has 2 aromatic carbocycles. The van der Waals surface area contributed by atoms with Crippen LogP contribution >= 0.6 is 23.2 Å². The topological polar surface area (TPSA) is 40.6 Å². The SMILES string of the molecule is O=S(=O)(c1ccc(Cl)c(Cl)c1)N1CCCN(Cc2ccccc2)CC1. The van der Waals surface area contributed by atoms with Crippen LogP contribution in [0.4, 0.5) is 0 Å². The highest BCUT2D eigenvalue weighted by atomic mass is 35.5. The van der Waals surface area contributed by atoms with Gasteiger partial charge in [0, 0.05) is 26.2 Å². The molecule has 0 unspecified atom stereocenters. The normalized spacial score (nSPS) is 17.4. The van der Waals surface area contributed by atoms with Crippen LogP contribution in [0, 0.1) is 0 Å². The Bertz CT molecular complexity index is 828. The Morgan fingerprint density at radius 2 is 1.64 bits per heavy atom. The summed E-state index contributed by atoms with van der Waals surface area (Å²) in [5.41, 5.74) is 1.24. The molecular formula is C18H20Cl2N2O2S. The fraction of sp³-hybridized carbons (Fsp3) is 0.333. The van der Waals surface area contributed by atoms with Crippen LogP contribution in [-0.4, -0.2) is 43.8 Å². The van der Waals surface area contributed by atoms with Gasteiger partial charge in [-0.15, -0.1) is 0 Å². The average Bonchev–Trinajstić information content (AvgIpc) is 2.84. The molecule has 0 saturated carbocycles. The van der Waals surface area contributed by atoms with Crippen molar-refractivity contribution < 1.29 is 8.42 Å². The summed E-state index contributed by atoms with van der Waals surface area (Å²) in [6, 6.07) is 14.7. The second kappa shape index (κ2) is 8.06. The summed E-state index contributed by atoms with van der Waals surface area (Å²) < 4.78 is 27.3. The zero-order chi connectivity index (χ0) is 17.9. The standard InChI is InChI=1S/C18H20Cl2N2O2S/c19-17-8-7-16(13-18(17)20)25(23,24)22-10-4-9-21(11-12-22)14-15-5-2-1-3-6-15/h1-3,5-8,13H,4,9-12,14H2. The lowest BCUT2D eigenvalue weighted by Gasteiger charge is -2.22. The molecule has 2 aromatic rings. The molecule has 3 rings (SSSR count). The predicted molar refractivity (Wildman–Crippen MR) is 102 cm³/mol. The van der Waals surface area contributed by atoms with Gasteiger partial charge in [-0.2, -0.15) is 4.31 Å². The van der Waals surface area contributed by atoms with E-state index in [0.717, 1.165) is 19.5 Å². The largest absolute Gasteiger partial charge is 0.298 e. The Labute approximate surface area is 159 Å². The highest BCUT2D eigenvalue weighted by Crippen LogP contribution is 2.27. The summed E-state index contributed by atoms with van der Waals surface area (Å²) >= 11 is 11.9. The van der Waals surface area contributed by atoms with Crippen LogP contribution in [0.25, 0.3) is 0 Å². The van der Waals surface area contributed by atoms with Gasteiger partial charge in [-0.05, 0) is 36.7 Å². The third-order valence-corrected chi connectivity index (χ3v) is 6.96. The first-order valence-corrected chi connectivity index (χ1v) is 10.4. The summed E-state index contributed by atoms with van der Waals surface area (Å²) in [6.45, 7) is 3.39. The van der Waals surface area contributed by atoms with E-state index in [2.05, 4.69) is 17.0 Å². The van der Waals surface area contributed by atoms with E-state index in [9.17, 15) is 8.42 Å². The minimum Gasteiger partial charge on any atom is -0.298 e. The van der Waals surface area contributed by atoms with E-state index < -0.39 is 10.0 Å². The lowest BCUT2D eigenvalue weighted by atomic mass is 10.2. The van der Waals surface area contributed by atoms with Crippen molar-refractivity contribution in [2.45, 2.75) is 17.9 Å². The van der Waals surface area contributed by atoms with Gasteiger partial charge < -0.3 is 0 Å². The second-order valence-electron chi connectivity index (χ2n) is 6.10.